The number of aryl methyl sites for hydroxylation is 1. The third-order valence-electron chi connectivity index (χ3n) is 5.86. The van der Waals surface area contributed by atoms with E-state index in [2.05, 4.69) is 9.82 Å². The van der Waals surface area contributed by atoms with E-state index in [4.69, 9.17) is 10.9 Å². The molecule has 0 spiro atoms. The summed E-state index contributed by atoms with van der Waals surface area (Å²) in [5.41, 5.74) is 7.65. The Morgan fingerprint density at radius 3 is 2.22 bits per heavy atom. The number of primary amides is 1. The fourth-order valence-corrected chi connectivity index (χ4v) is 5.80. The minimum Gasteiger partial charge on any atom is -0.364 e. The maximum atomic E-state index is 13.0. The second kappa shape index (κ2) is 8.69. The van der Waals surface area contributed by atoms with Crippen LogP contribution in [0.5, 0.6) is 0 Å². The molecule has 0 unspecified atom stereocenters. The van der Waals surface area contributed by atoms with Crippen LogP contribution in [0, 0.1) is 6.92 Å². The van der Waals surface area contributed by atoms with Gasteiger partial charge in [-0.15, -0.1) is 0 Å². The molecule has 0 aliphatic rings. The highest BCUT2D eigenvalue weighted by Crippen LogP contribution is 2.32. The van der Waals surface area contributed by atoms with Crippen molar-refractivity contribution < 1.29 is 21.6 Å². The summed E-state index contributed by atoms with van der Waals surface area (Å²) in [5.74, 6) is -0.749. The van der Waals surface area contributed by atoms with Gasteiger partial charge in [0.15, 0.2) is 5.69 Å². The molecule has 5 aromatic rings. The topological polar surface area (TPSA) is 167 Å². The average Bonchev–Trinajstić information content (AvgIpc) is 3.24. The second-order valence-corrected chi connectivity index (χ2v) is 11.7. The van der Waals surface area contributed by atoms with Gasteiger partial charge >= 0.3 is 0 Å². The first-order valence-corrected chi connectivity index (χ1v) is 13.9. The highest BCUT2D eigenvalue weighted by molar-refractivity contribution is 7.92. The Hall–Kier alpha value is -4.26. The smallest absolute Gasteiger partial charge is 0.269 e. The number of primary sulfonamides is 1. The Morgan fingerprint density at radius 1 is 0.865 bits per heavy atom. The molecule has 0 aliphatic carbocycles. The summed E-state index contributed by atoms with van der Waals surface area (Å²) in [6, 6.07) is 20.7. The zero-order valence-electron chi connectivity index (χ0n) is 19.4. The first kappa shape index (κ1) is 24.4. The van der Waals surface area contributed by atoms with Crippen LogP contribution in [0.1, 0.15) is 16.1 Å². The van der Waals surface area contributed by atoms with E-state index in [1.807, 2.05) is 0 Å². The fraction of sp³-hybridized carbons (Fsp3) is 0.0400. The van der Waals surface area contributed by atoms with Gasteiger partial charge in [0.05, 0.1) is 21.0 Å². The first-order valence-electron chi connectivity index (χ1n) is 10.9. The molecule has 0 radical (unpaired) electrons. The van der Waals surface area contributed by atoms with E-state index in [1.54, 1.807) is 55.5 Å². The summed E-state index contributed by atoms with van der Waals surface area (Å²) in [7, 11) is -7.77. The number of nitrogens with two attached hydrogens (primary N) is 2. The Labute approximate surface area is 212 Å². The van der Waals surface area contributed by atoms with Gasteiger partial charge in [0.1, 0.15) is 0 Å². The maximum Gasteiger partial charge on any atom is 0.269 e. The number of amides is 1. The molecule has 1 aromatic heterocycles. The number of fused-ring (bicyclic) bond motifs is 3. The van der Waals surface area contributed by atoms with Gasteiger partial charge in [0, 0.05) is 16.5 Å². The van der Waals surface area contributed by atoms with E-state index in [1.165, 1.54) is 35.0 Å². The molecule has 0 bridgehead atoms. The molecular weight excluding hydrogens is 514 g/mol. The van der Waals surface area contributed by atoms with Gasteiger partial charge in [-0.3, -0.25) is 9.52 Å². The van der Waals surface area contributed by atoms with Crippen molar-refractivity contribution in [3.8, 4) is 5.69 Å². The highest BCUT2D eigenvalue weighted by Gasteiger charge is 2.20. The lowest BCUT2D eigenvalue weighted by Gasteiger charge is -2.11. The van der Waals surface area contributed by atoms with Crippen LogP contribution in [-0.2, 0) is 20.0 Å². The van der Waals surface area contributed by atoms with Crippen molar-refractivity contribution in [1.82, 2.24) is 9.78 Å². The van der Waals surface area contributed by atoms with Gasteiger partial charge in [-0.2, -0.15) is 5.10 Å². The number of carbonyl (C=O) groups is 1. The molecule has 188 valence electrons. The number of anilines is 1. The minimum atomic E-state index is -3.90. The lowest BCUT2D eigenvalue weighted by molar-refractivity contribution is 0.0996. The third kappa shape index (κ3) is 4.53. The predicted molar refractivity (Wildman–Crippen MR) is 140 cm³/mol. The predicted octanol–water partition coefficient (Wildman–Crippen LogP) is 3.03. The van der Waals surface area contributed by atoms with E-state index in [9.17, 15) is 21.6 Å². The maximum absolute atomic E-state index is 13.0. The summed E-state index contributed by atoms with van der Waals surface area (Å²) < 4.78 is 53.4. The van der Waals surface area contributed by atoms with Gasteiger partial charge in [-0.1, -0.05) is 24.3 Å². The van der Waals surface area contributed by atoms with Crippen LogP contribution in [-0.4, -0.2) is 32.5 Å². The number of hydrogen-bond donors (Lipinski definition) is 3. The summed E-state index contributed by atoms with van der Waals surface area (Å²) in [5, 5.41) is 11.4. The zero-order valence-corrected chi connectivity index (χ0v) is 21.0. The van der Waals surface area contributed by atoms with E-state index in [0.29, 0.717) is 27.7 Å². The van der Waals surface area contributed by atoms with E-state index in [0.717, 1.165) is 10.9 Å². The Bertz CT molecular complexity index is 1930. The molecule has 4 aromatic carbocycles. The quantitative estimate of drug-likeness (QED) is 0.302. The summed E-state index contributed by atoms with van der Waals surface area (Å²) >= 11 is 0. The Morgan fingerprint density at radius 2 is 1.57 bits per heavy atom. The van der Waals surface area contributed by atoms with Gasteiger partial charge < -0.3 is 5.73 Å². The van der Waals surface area contributed by atoms with Crippen LogP contribution in [0.3, 0.4) is 0 Å². The molecule has 5 rings (SSSR count). The molecule has 5 N–H and O–H groups in total. The highest BCUT2D eigenvalue weighted by atomic mass is 32.2. The number of sulfonamides is 2. The summed E-state index contributed by atoms with van der Waals surface area (Å²) in [4.78, 5) is 12.2. The fourth-order valence-electron chi connectivity index (χ4n) is 4.13. The molecule has 37 heavy (non-hydrogen) atoms. The van der Waals surface area contributed by atoms with Crippen molar-refractivity contribution >= 4 is 53.3 Å². The van der Waals surface area contributed by atoms with Crippen LogP contribution in [0.15, 0.2) is 88.7 Å². The molecule has 1 amide bonds. The average molecular weight is 536 g/mol. The first-order chi connectivity index (χ1) is 17.4. The lowest BCUT2D eigenvalue weighted by atomic mass is 10.0. The van der Waals surface area contributed by atoms with Gasteiger partial charge in [0.25, 0.3) is 15.9 Å². The Kier molecular flexibility index (Phi) is 5.74. The molecule has 12 heteroatoms. The minimum absolute atomic E-state index is 0.0122. The summed E-state index contributed by atoms with van der Waals surface area (Å²) in [6.45, 7) is 1.80. The number of hydrogen-bond acceptors (Lipinski definition) is 6. The largest absolute Gasteiger partial charge is 0.364 e. The molecule has 0 aliphatic heterocycles. The van der Waals surface area contributed by atoms with Crippen LogP contribution >= 0.6 is 0 Å². The van der Waals surface area contributed by atoms with Crippen molar-refractivity contribution in [2.24, 2.45) is 10.9 Å². The second-order valence-electron chi connectivity index (χ2n) is 8.48. The molecule has 0 fully saturated rings. The van der Waals surface area contributed by atoms with Crippen molar-refractivity contribution in [3.63, 3.8) is 0 Å². The monoisotopic (exact) mass is 535 g/mol. The van der Waals surface area contributed by atoms with Crippen molar-refractivity contribution in [2.75, 3.05) is 4.72 Å². The zero-order chi connectivity index (χ0) is 26.5. The van der Waals surface area contributed by atoms with Crippen molar-refractivity contribution in [2.45, 2.75) is 16.7 Å². The number of nitrogens with one attached hydrogen (secondary N) is 1. The molecular formula is C25H21N5O5S2. The number of benzene rings is 4. The Balaban J connectivity index is 1.70. The van der Waals surface area contributed by atoms with Gasteiger partial charge in [-0.25, -0.2) is 26.7 Å². The molecule has 0 saturated heterocycles. The van der Waals surface area contributed by atoms with E-state index >= 15 is 0 Å². The van der Waals surface area contributed by atoms with Crippen molar-refractivity contribution in [3.05, 3.63) is 90.1 Å². The van der Waals surface area contributed by atoms with Crippen LogP contribution in [0.2, 0.25) is 0 Å². The normalized spacial score (nSPS) is 12.2. The SMILES string of the molecule is Cc1cccc(S(=O)(=O)Nc2ccc3ccc4c(C(N)=O)nn(-c5ccc(S(N)(=O)=O)cc5)c4c3c2)c1. The van der Waals surface area contributed by atoms with E-state index in [-0.39, 0.29) is 15.5 Å². The van der Waals surface area contributed by atoms with Crippen LogP contribution < -0.4 is 15.6 Å². The molecule has 10 nitrogen and oxygen atoms in total. The van der Waals surface area contributed by atoms with Crippen molar-refractivity contribution in [1.29, 1.82) is 0 Å². The molecule has 0 atom stereocenters. The van der Waals surface area contributed by atoms with Gasteiger partial charge in [-0.05, 0) is 72.5 Å². The van der Waals surface area contributed by atoms with Gasteiger partial charge in [0.2, 0.25) is 10.0 Å². The molecule has 1 heterocycles. The van der Waals surface area contributed by atoms with Crippen LogP contribution in [0.25, 0.3) is 27.4 Å². The standard InChI is InChI=1S/C25H21N5O5S2/c1-15-3-2-4-20(13-15)37(34,35)29-17-7-5-16-6-12-21-23(25(26)31)28-30(24(21)22(16)14-17)18-8-10-19(11-9-18)36(27,32)33/h2-14,29H,1H3,(H2,26,31)(H2,27,32,33). The molecule has 0 saturated carbocycles. The lowest BCUT2D eigenvalue weighted by Crippen LogP contribution is -2.13. The summed E-state index contributed by atoms with van der Waals surface area (Å²) in [6.07, 6.45) is 0. The number of rotatable bonds is 6. The third-order valence-corrected chi connectivity index (χ3v) is 8.16. The number of aromatic nitrogens is 2. The van der Waals surface area contributed by atoms with Crippen LogP contribution in [0.4, 0.5) is 5.69 Å². The number of nitrogens with zero attached hydrogens (tertiary/aromatic N) is 2. The number of carbonyl (C=O) groups excluding carboxylic acids is 1. The van der Waals surface area contributed by atoms with E-state index < -0.39 is 26.0 Å².